The number of hydrogen-bond acceptors (Lipinski definition) is 5. The molecule has 2 atom stereocenters. The van der Waals surface area contributed by atoms with Crippen molar-refractivity contribution in [2.24, 2.45) is 0 Å². The number of nitrogens with zero attached hydrogens (tertiary/aromatic N) is 1. The van der Waals surface area contributed by atoms with Crippen molar-refractivity contribution in [3.05, 3.63) is 53.1 Å². The zero-order chi connectivity index (χ0) is 22.9. The van der Waals surface area contributed by atoms with Crippen molar-refractivity contribution in [3.63, 3.8) is 0 Å². The molecule has 1 amide bonds. The molecule has 0 unspecified atom stereocenters. The number of ether oxygens (including phenoxy) is 1. The molecule has 9 heteroatoms. The number of carboxylic acid groups (broad SMARTS) is 1. The molecule has 1 heterocycles. The summed E-state index contributed by atoms with van der Waals surface area (Å²) >= 11 is 0. The predicted molar refractivity (Wildman–Crippen MR) is 116 cm³/mol. The lowest BCUT2D eigenvalue weighted by atomic mass is 9.98. The first-order valence-electron chi connectivity index (χ1n) is 9.88. The van der Waals surface area contributed by atoms with Gasteiger partial charge in [0.2, 0.25) is 15.9 Å². The fraction of sp³-hybridized carbons (Fsp3) is 0.364. The number of fused-ring (bicyclic) bond motifs is 1. The van der Waals surface area contributed by atoms with Gasteiger partial charge in [-0.15, -0.1) is 0 Å². The lowest BCUT2D eigenvalue weighted by molar-refractivity contribution is -0.137. The molecule has 2 aromatic rings. The molecule has 0 saturated carbocycles. The molecule has 0 spiro atoms. The van der Waals surface area contributed by atoms with Gasteiger partial charge in [0.1, 0.15) is 11.9 Å². The van der Waals surface area contributed by atoms with Crippen LogP contribution >= 0.6 is 0 Å². The number of rotatable bonds is 6. The van der Waals surface area contributed by atoms with Crippen molar-refractivity contribution in [2.45, 2.75) is 51.2 Å². The van der Waals surface area contributed by atoms with Crippen LogP contribution in [0, 0.1) is 13.8 Å². The Morgan fingerprint density at radius 2 is 1.94 bits per heavy atom. The van der Waals surface area contributed by atoms with Gasteiger partial charge in [-0.1, -0.05) is 23.8 Å². The third-order valence-corrected chi connectivity index (χ3v) is 6.63. The van der Waals surface area contributed by atoms with E-state index in [-0.39, 0.29) is 16.9 Å². The lowest BCUT2D eigenvalue weighted by Gasteiger charge is -2.33. The Labute approximate surface area is 181 Å². The van der Waals surface area contributed by atoms with Crippen LogP contribution < -0.4 is 14.4 Å². The van der Waals surface area contributed by atoms with Crippen LogP contribution in [0.15, 0.2) is 41.3 Å². The quantitative estimate of drug-likeness (QED) is 0.705. The Morgan fingerprint density at radius 1 is 1.23 bits per heavy atom. The predicted octanol–water partition coefficient (Wildman–Crippen LogP) is 2.93. The zero-order valence-electron chi connectivity index (χ0n) is 17.9. The molecule has 0 aromatic heterocycles. The van der Waals surface area contributed by atoms with Crippen molar-refractivity contribution in [3.8, 4) is 5.75 Å². The third kappa shape index (κ3) is 5.05. The summed E-state index contributed by atoms with van der Waals surface area (Å²) in [5, 5.41) is 9.34. The average molecular weight is 447 g/mol. The molecule has 3 rings (SSSR count). The number of carbonyl (C=O) groups is 2. The van der Waals surface area contributed by atoms with E-state index < -0.39 is 28.5 Å². The summed E-state index contributed by atoms with van der Waals surface area (Å²) in [5.74, 6) is -0.925. The molecule has 0 saturated heterocycles. The molecule has 2 aromatic carbocycles. The van der Waals surface area contributed by atoms with E-state index in [1.165, 1.54) is 30.0 Å². The molecule has 0 radical (unpaired) electrons. The second kappa shape index (κ2) is 8.68. The largest absolute Gasteiger partial charge is 0.487 e. The van der Waals surface area contributed by atoms with Crippen LogP contribution in [-0.4, -0.2) is 38.0 Å². The molecule has 0 aliphatic carbocycles. The number of aliphatic carboxylic acids is 1. The van der Waals surface area contributed by atoms with Gasteiger partial charge in [0.05, 0.1) is 29.6 Å². The highest BCUT2D eigenvalue weighted by Gasteiger charge is 2.30. The number of hydrogen-bond donors (Lipinski definition) is 2. The minimum absolute atomic E-state index is 0.0733. The molecule has 166 valence electrons. The summed E-state index contributed by atoms with van der Waals surface area (Å²) in [6.07, 6.45) is -0.629. The smallest absolute Gasteiger partial charge is 0.305 e. The standard InChI is InChI=1S/C22H26N2O6S/c1-13-5-7-18(14(2)9-13)19(11-22(26)27)23-31(28,29)17-6-8-21-20(10-17)24(16(4)25)12-15(3)30-21/h5-10,15,19,23H,11-12H2,1-4H3,(H,26,27)/t15-,19-/m0/s1. The fourth-order valence-electron chi connectivity index (χ4n) is 3.74. The summed E-state index contributed by atoms with van der Waals surface area (Å²) < 4.78 is 34.6. The normalized spacial score (nSPS) is 16.9. The summed E-state index contributed by atoms with van der Waals surface area (Å²) in [7, 11) is -4.08. The van der Waals surface area contributed by atoms with Gasteiger partial charge in [0.15, 0.2) is 0 Å². The summed E-state index contributed by atoms with van der Waals surface area (Å²) in [6.45, 7) is 7.26. The van der Waals surface area contributed by atoms with Gasteiger partial charge in [0.25, 0.3) is 0 Å². The molecule has 0 fully saturated rings. The van der Waals surface area contributed by atoms with E-state index in [4.69, 9.17) is 4.74 Å². The van der Waals surface area contributed by atoms with Crippen molar-refractivity contribution in [1.29, 1.82) is 0 Å². The van der Waals surface area contributed by atoms with Gasteiger partial charge in [0, 0.05) is 6.92 Å². The number of carbonyl (C=O) groups excluding carboxylic acids is 1. The van der Waals surface area contributed by atoms with Gasteiger partial charge >= 0.3 is 5.97 Å². The minimum Gasteiger partial charge on any atom is -0.487 e. The van der Waals surface area contributed by atoms with Gasteiger partial charge in [-0.3, -0.25) is 9.59 Å². The summed E-state index contributed by atoms with van der Waals surface area (Å²) in [5.41, 5.74) is 2.75. The number of sulfonamides is 1. The summed E-state index contributed by atoms with van der Waals surface area (Å²) in [6, 6.07) is 8.76. The van der Waals surface area contributed by atoms with E-state index in [0.29, 0.717) is 23.5 Å². The first-order valence-corrected chi connectivity index (χ1v) is 11.4. The van der Waals surface area contributed by atoms with Gasteiger partial charge in [-0.25, -0.2) is 13.1 Å². The highest BCUT2D eigenvalue weighted by molar-refractivity contribution is 7.89. The topological polar surface area (TPSA) is 113 Å². The maximum absolute atomic E-state index is 13.2. The van der Waals surface area contributed by atoms with E-state index in [2.05, 4.69) is 4.72 Å². The second-order valence-electron chi connectivity index (χ2n) is 7.82. The first kappa shape index (κ1) is 22.8. The Kier molecular flexibility index (Phi) is 6.38. The number of anilines is 1. The second-order valence-corrected chi connectivity index (χ2v) is 9.53. The van der Waals surface area contributed by atoms with Crippen LogP contribution in [0.2, 0.25) is 0 Å². The Hall–Kier alpha value is -2.91. The van der Waals surface area contributed by atoms with Gasteiger partial charge < -0.3 is 14.7 Å². The molecular formula is C22H26N2O6S. The number of benzene rings is 2. The highest BCUT2D eigenvalue weighted by Crippen LogP contribution is 2.36. The van der Waals surface area contributed by atoms with E-state index in [1.54, 1.807) is 6.07 Å². The number of carboxylic acids is 1. The number of amides is 1. The number of nitrogens with one attached hydrogen (secondary N) is 1. The van der Waals surface area contributed by atoms with Crippen molar-refractivity contribution in [2.75, 3.05) is 11.4 Å². The van der Waals surface area contributed by atoms with Crippen molar-refractivity contribution in [1.82, 2.24) is 4.72 Å². The molecule has 1 aliphatic rings. The van der Waals surface area contributed by atoms with E-state index >= 15 is 0 Å². The maximum atomic E-state index is 13.2. The monoisotopic (exact) mass is 446 g/mol. The fourth-order valence-corrected chi connectivity index (χ4v) is 4.98. The van der Waals surface area contributed by atoms with Crippen LogP contribution in [-0.2, 0) is 19.6 Å². The number of aryl methyl sites for hydroxylation is 2. The summed E-state index contributed by atoms with van der Waals surface area (Å²) in [4.78, 5) is 24.9. The Bertz CT molecular complexity index is 1130. The molecular weight excluding hydrogens is 420 g/mol. The van der Waals surface area contributed by atoms with Crippen molar-refractivity contribution >= 4 is 27.6 Å². The maximum Gasteiger partial charge on any atom is 0.305 e. The van der Waals surface area contributed by atoms with Crippen LogP contribution in [0.5, 0.6) is 5.75 Å². The highest BCUT2D eigenvalue weighted by atomic mass is 32.2. The van der Waals surface area contributed by atoms with Crippen LogP contribution in [0.1, 0.15) is 43.0 Å². The molecule has 31 heavy (non-hydrogen) atoms. The van der Waals surface area contributed by atoms with Gasteiger partial charge in [-0.2, -0.15) is 0 Å². The molecule has 1 aliphatic heterocycles. The SMILES string of the molecule is CC(=O)N1C[C@H](C)Oc2ccc(S(=O)(=O)N[C@@H](CC(=O)O)c3ccc(C)cc3C)cc21. The van der Waals surface area contributed by atoms with Crippen LogP contribution in [0.3, 0.4) is 0 Å². The average Bonchev–Trinajstić information content (AvgIpc) is 2.65. The van der Waals surface area contributed by atoms with Crippen LogP contribution in [0.25, 0.3) is 0 Å². The van der Waals surface area contributed by atoms with Gasteiger partial charge in [-0.05, 0) is 50.1 Å². The molecule has 8 nitrogen and oxygen atoms in total. The third-order valence-electron chi connectivity index (χ3n) is 5.16. The first-order chi connectivity index (χ1) is 14.5. The zero-order valence-corrected chi connectivity index (χ0v) is 18.7. The Morgan fingerprint density at radius 3 is 2.55 bits per heavy atom. The minimum atomic E-state index is -4.08. The van der Waals surface area contributed by atoms with Crippen molar-refractivity contribution < 1.29 is 27.9 Å². The van der Waals surface area contributed by atoms with E-state index in [9.17, 15) is 23.1 Å². The van der Waals surface area contributed by atoms with Crippen LogP contribution in [0.4, 0.5) is 5.69 Å². The Balaban J connectivity index is 1.99. The van der Waals surface area contributed by atoms with E-state index in [1.807, 2.05) is 32.9 Å². The van der Waals surface area contributed by atoms with E-state index in [0.717, 1.165) is 11.1 Å². The molecule has 0 bridgehead atoms. The lowest BCUT2D eigenvalue weighted by Crippen LogP contribution is -2.41. The molecule has 2 N–H and O–H groups in total.